The van der Waals surface area contributed by atoms with Crippen molar-refractivity contribution in [3.05, 3.63) is 62.1 Å². The summed E-state index contributed by atoms with van der Waals surface area (Å²) in [6.07, 6.45) is 8.14. The summed E-state index contributed by atoms with van der Waals surface area (Å²) >= 11 is 19.8. The summed E-state index contributed by atoms with van der Waals surface area (Å²) < 4.78 is 7.07. The Morgan fingerprint density at radius 1 is 1.15 bits per heavy atom. The van der Waals surface area contributed by atoms with E-state index in [2.05, 4.69) is 15.7 Å². The van der Waals surface area contributed by atoms with Gasteiger partial charge in [0.05, 0.1) is 18.7 Å². The van der Waals surface area contributed by atoms with Crippen LogP contribution in [0.1, 0.15) is 59.0 Å². The van der Waals surface area contributed by atoms with Crippen molar-refractivity contribution in [1.82, 2.24) is 9.78 Å². The Labute approximate surface area is 218 Å². The zero-order valence-corrected chi connectivity index (χ0v) is 22.0. The Morgan fingerprint density at radius 2 is 1.91 bits per heavy atom. The third kappa shape index (κ3) is 5.92. The van der Waals surface area contributed by atoms with Crippen LogP contribution < -0.4 is 10.6 Å². The molecule has 0 amide bonds. The number of hydrogen-bond donors (Lipinski definition) is 2. The molecule has 0 spiro atoms. The number of esters is 1. The smallest absolute Gasteiger partial charge is 0.341 e. The van der Waals surface area contributed by atoms with Crippen molar-refractivity contribution >= 4 is 68.7 Å². The highest BCUT2D eigenvalue weighted by molar-refractivity contribution is 7.80. The first kappa shape index (κ1) is 25.0. The number of aromatic nitrogens is 2. The molecule has 0 saturated heterocycles. The van der Waals surface area contributed by atoms with Gasteiger partial charge in [0.1, 0.15) is 10.0 Å². The van der Waals surface area contributed by atoms with Crippen molar-refractivity contribution in [1.29, 1.82) is 0 Å². The van der Waals surface area contributed by atoms with Crippen molar-refractivity contribution in [3.63, 3.8) is 0 Å². The van der Waals surface area contributed by atoms with Gasteiger partial charge in [-0.05, 0) is 62.0 Å². The van der Waals surface area contributed by atoms with Crippen LogP contribution in [0.4, 0.5) is 10.8 Å². The van der Waals surface area contributed by atoms with Crippen LogP contribution in [-0.4, -0.2) is 27.5 Å². The number of thiocarbonyl (C=S) groups is 1. The fourth-order valence-corrected chi connectivity index (χ4v) is 5.97. The molecule has 180 valence electrons. The van der Waals surface area contributed by atoms with Gasteiger partial charge in [0.15, 0.2) is 10.9 Å². The molecule has 0 atom stereocenters. The molecule has 2 heterocycles. The monoisotopic (exact) mass is 536 g/mol. The van der Waals surface area contributed by atoms with E-state index in [0.29, 0.717) is 44.7 Å². The minimum atomic E-state index is -0.312. The summed E-state index contributed by atoms with van der Waals surface area (Å²) in [6, 6.07) is 7.59. The second kappa shape index (κ2) is 11.5. The molecule has 0 unspecified atom stereocenters. The van der Waals surface area contributed by atoms with E-state index in [1.807, 2.05) is 31.2 Å². The molecule has 0 radical (unpaired) electrons. The van der Waals surface area contributed by atoms with E-state index in [1.165, 1.54) is 17.7 Å². The first-order chi connectivity index (χ1) is 16.5. The van der Waals surface area contributed by atoms with Gasteiger partial charge in [-0.3, -0.25) is 4.68 Å². The van der Waals surface area contributed by atoms with Crippen molar-refractivity contribution in [3.8, 4) is 0 Å². The maximum absolute atomic E-state index is 12.8. The molecule has 1 aliphatic carbocycles. The molecule has 0 bridgehead atoms. The zero-order valence-electron chi connectivity index (χ0n) is 18.8. The van der Waals surface area contributed by atoms with Crippen molar-refractivity contribution in [2.75, 3.05) is 17.2 Å². The van der Waals surface area contributed by atoms with Crippen LogP contribution in [0.15, 0.2) is 30.5 Å². The van der Waals surface area contributed by atoms with E-state index in [0.717, 1.165) is 36.8 Å². The number of nitrogens with zero attached hydrogens (tertiary/aromatic N) is 2. The summed E-state index contributed by atoms with van der Waals surface area (Å²) in [7, 11) is 0. The third-order valence-corrected chi connectivity index (χ3v) is 7.67. The largest absolute Gasteiger partial charge is 0.462 e. The average molecular weight is 538 g/mol. The number of thiophene rings is 1. The molecule has 0 aliphatic heterocycles. The fourth-order valence-electron chi connectivity index (χ4n) is 4.03. The lowest BCUT2D eigenvalue weighted by Gasteiger charge is -2.12. The lowest BCUT2D eigenvalue weighted by molar-refractivity contribution is 0.0526. The highest BCUT2D eigenvalue weighted by atomic mass is 35.5. The second-order valence-electron chi connectivity index (χ2n) is 8.04. The van der Waals surface area contributed by atoms with Gasteiger partial charge < -0.3 is 15.4 Å². The van der Waals surface area contributed by atoms with Gasteiger partial charge in [0.2, 0.25) is 0 Å². The first-order valence-corrected chi connectivity index (χ1v) is 13.3. The van der Waals surface area contributed by atoms with E-state index in [9.17, 15) is 4.79 Å². The zero-order chi connectivity index (χ0) is 24.1. The van der Waals surface area contributed by atoms with E-state index < -0.39 is 0 Å². The molecule has 6 nitrogen and oxygen atoms in total. The molecule has 1 aromatic carbocycles. The number of hydrogen-bond acceptors (Lipinski definition) is 5. The second-order valence-corrected chi connectivity index (χ2v) is 10.4. The molecule has 2 N–H and O–H groups in total. The summed E-state index contributed by atoms with van der Waals surface area (Å²) in [5.74, 6) is 0.117. The lowest BCUT2D eigenvalue weighted by Crippen LogP contribution is -2.21. The van der Waals surface area contributed by atoms with Crippen LogP contribution in [0, 0.1) is 0 Å². The van der Waals surface area contributed by atoms with Crippen molar-refractivity contribution in [2.24, 2.45) is 0 Å². The van der Waals surface area contributed by atoms with E-state index >= 15 is 0 Å². The minimum absolute atomic E-state index is 0.310. The Bertz CT molecular complexity index is 1190. The van der Waals surface area contributed by atoms with Gasteiger partial charge in [-0.15, -0.1) is 11.3 Å². The Kier molecular flexibility index (Phi) is 8.47. The van der Waals surface area contributed by atoms with Crippen LogP contribution >= 0.6 is 46.8 Å². The maximum Gasteiger partial charge on any atom is 0.341 e. The number of rotatable bonds is 6. The Balaban J connectivity index is 1.52. The number of nitrogens with one attached hydrogen (secondary N) is 2. The summed E-state index contributed by atoms with van der Waals surface area (Å²) in [4.78, 5) is 14.1. The molecule has 3 aromatic rings. The quantitative estimate of drug-likeness (QED) is 0.262. The average Bonchev–Trinajstić information content (AvgIpc) is 3.28. The fraction of sp³-hybridized carbons (Fsp3) is 0.375. The maximum atomic E-state index is 12.8. The third-order valence-electron chi connectivity index (χ3n) is 5.62. The number of carbonyl (C=O) groups excluding carboxylic acids is 1. The minimum Gasteiger partial charge on any atom is -0.462 e. The van der Waals surface area contributed by atoms with Crippen molar-refractivity contribution < 1.29 is 9.53 Å². The Morgan fingerprint density at radius 3 is 2.68 bits per heavy atom. The van der Waals surface area contributed by atoms with Gasteiger partial charge in [0.25, 0.3) is 0 Å². The number of ether oxygens (including phenoxy) is 1. The number of halogens is 2. The standard InChI is InChI=1S/C24H26Cl2N4O2S2/c1-2-32-23(31)20-16-10-5-3-4-6-12-19(16)34-22(20)28-24(33)27-21-18(26)14-30(29-21)13-15-9-7-8-11-17(15)25/h7-9,11,14H,2-6,10,12-13H2,1H3,(H2,27,28,29,33). The molecule has 1 aliphatic rings. The topological polar surface area (TPSA) is 68.2 Å². The first-order valence-electron chi connectivity index (χ1n) is 11.3. The highest BCUT2D eigenvalue weighted by Gasteiger charge is 2.26. The predicted molar refractivity (Wildman–Crippen MR) is 144 cm³/mol. The number of carbonyl (C=O) groups is 1. The van der Waals surface area contributed by atoms with Crippen LogP contribution in [0.3, 0.4) is 0 Å². The Hall–Kier alpha value is -2.13. The van der Waals surface area contributed by atoms with Crippen LogP contribution in [-0.2, 0) is 24.1 Å². The lowest BCUT2D eigenvalue weighted by atomic mass is 9.96. The normalized spacial score (nSPS) is 13.5. The molecular formula is C24H26Cl2N4O2S2. The number of benzene rings is 1. The molecule has 0 saturated carbocycles. The van der Waals surface area contributed by atoms with Crippen molar-refractivity contribution in [2.45, 2.75) is 52.0 Å². The van der Waals surface area contributed by atoms with E-state index in [1.54, 1.807) is 22.2 Å². The molecule has 0 fully saturated rings. The molecular weight excluding hydrogens is 511 g/mol. The van der Waals surface area contributed by atoms with Gasteiger partial charge in [-0.1, -0.05) is 54.2 Å². The number of fused-ring (bicyclic) bond motifs is 1. The predicted octanol–water partition coefficient (Wildman–Crippen LogP) is 6.94. The van der Waals surface area contributed by atoms with Gasteiger partial charge in [0, 0.05) is 16.1 Å². The summed E-state index contributed by atoms with van der Waals surface area (Å²) in [5.41, 5.74) is 2.63. The summed E-state index contributed by atoms with van der Waals surface area (Å²) in [6.45, 7) is 2.62. The molecule has 2 aromatic heterocycles. The van der Waals surface area contributed by atoms with E-state index in [-0.39, 0.29) is 5.97 Å². The summed E-state index contributed by atoms with van der Waals surface area (Å²) in [5, 5.41) is 12.9. The van der Waals surface area contributed by atoms with Crippen LogP contribution in [0.5, 0.6) is 0 Å². The number of aryl methyl sites for hydroxylation is 1. The highest BCUT2D eigenvalue weighted by Crippen LogP contribution is 2.37. The van der Waals surface area contributed by atoms with Crippen LogP contribution in [0.25, 0.3) is 0 Å². The van der Waals surface area contributed by atoms with Crippen LogP contribution in [0.2, 0.25) is 10.0 Å². The van der Waals surface area contributed by atoms with Gasteiger partial charge in [-0.25, -0.2) is 4.79 Å². The van der Waals surface area contributed by atoms with Gasteiger partial charge in [-0.2, -0.15) is 5.10 Å². The van der Waals surface area contributed by atoms with Gasteiger partial charge >= 0.3 is 5.97 Å². The number of anilines is 2. The van der Waals surface area contributed by atoms with E-state index in [4.69, 9.17) is 40.2 Å². The molecule has 34 heavy (non-hydrogen) atoms. The molecule has 10 heteroatoms. The molecule has 4 rings (SSSR count). The SMILES string of the molecule is CCOC(=O)c1c(NC(=S)Nc2nn(Cc3ccccc3Cl)cc2Cl)sc2c1CCCCCC2.